The molecule has 0 aliphatic heterocycles. The summed E-state index contributed by atoms with van der Waals surface area (Å²) in [4.78, 5) is 23.6. The maximum Gasteiger partial charge on any atom is 0.328 e. The number of hydrogen-bond acceptors (Lipinski definition) is 6. The smallest absolute Gasteiger partial charge is 0.328 e. The molecule has 2 aromatic carbocycles. The minimum Gasteiger partial charge on any atom is -0.480 e. The first-order chi connectivity index (χ1) is 14.2. The third kappa shape index (κ3) is 7.62. The molecule has 2 rings (SSSR count). The summed E-state index contributed by atoms with van der Waals surface area (Å²) in [7, 11) is -3.64. The Morgan fingerprint density at radius 3 is 2.47 bits per heavy atom. The van der Waals surface area contributed by atoms with Gasteiger partial charge in [-0.15, -0.1) is 11.8 Å². The third-order valence-electron chi connectivity index (χ3n) is 3.91. The molecule has 11 heteroatoms. The number of carbonyl (C=O) groups is 2. The van der Waals surface area contributed by atoms with Gasteiger partial charge in [0.2, 0.25) is 15.9 Å². The summed E-state index contributed by atoms with van der Waals surface area (Å²) < 4.78 is 27.1. The van der Waals surface area contributed by atoms with Crippen molar-refractivity contribution in [1.29, 1.82) is 0 Å². The van der Waals surface area contributed by atoms with Gasteiger partial charge in [-0.05, 0) is 48.4 Å². The zero-order valence-electron chi connectivity index (χ0n) is 15.7. The summed E-state index contributed by atoms with van der Waals surface area (Å²) >= 11 is 6.98. The number of sulfonamides is 1. The zero-order valence-corrected chi connectivity index (χ0v) is 18.1. The molecule has 0 radical (unpaired) electrons. The number of carboxylic acids is 1. The molecular formula is C19H21ClN2O6S2. The van der Waals surface area contributed by atoms with Gasteiger partial charge in [-0.25, -0.2) is 17.9 Å². The normalized spacial score (nSPS) is 12.3. The molecule has 30 heavy (non-hydrogen) atoms. The lowest BCUT2D eigenvalue weighted by atomic mass is 10.2. The van der Waals surface area contributed by atoms with Gasteiger partial charge in [-0.1, -0.05) is 23.7 Å². The fourth-order valence-corrected chi connectivity index (χ4v) is 4.34. The number of halogens is 1. The Bertz CT molecular complexity index is 983. The number of rotatable bonds is 11. The van der Waals surface area contributed by atoms with Crippen molar-refractivity contribution in [1.82, 2.24) is 10.0 Å². The van der Waals surface area contributed by atoms with E-state index in [4.69, 9.17) is 21.8 Å². The van der Waals surface area contributed by atoms with Crippen LogP contribution in [0.5, 0.6) is 0 Å². The van der Waals surface area contributed by atoms with Gasteiger partial charge >= 0.3 is 5.97 Å². The van der Waals surface area contributed by atoms with E-state index < -0.39 is 34.5 Å². The topological polar surface area (TPSA) is 133 Å². The molecule has 8 nitrogen and oxygen atoms in total. The number of nitrogens with one attached hydrogen (secondary N) is 2. The lowest BCUT2D eigenvalue weighted by molar-refractivity contribution is -0.142. The monoisotopic (exact) mass is 472 g/mol. The molecule has 0 aromatic heterocycles. The molecule has 0 unspecified atom stereocenters. The summed E-state index contributed by atoms with van der Waals surface area (Å²) in [6.45, 7) is -0.497. The largest absolute Gasteiger partial charge is 0.480 e. The standard InChI is InChI=1S/C19H21ClN2O6S2/c20-14-4-6-16(7-5-14)30(27,28)21-9-8-13-2-1-3-15(10-13)29-12-18(24)22-17(11-23)19(25)26/h1-7,10,17,21,23H,8-9,11-12H2,(H,22,24)(H,25,26)/t17-/m0/s1. The first-order valence-electron chi connectivity index (χ1n) is 8.81. The second-order valence-electron chi connectivity index (χ2n) is 6.18. The first-order valence-corrected chi connectivity index (χ1v) is 11.7. The van der Waals surface area contributed by atoms with Crippen LogP contribution in [-0.2, 0) is 26.0 Å². The van der Waals surface area contributed by atoms with E-state index in [9.17, 15) is 18.0 Å². The molecule has 0 bridgehead atoms. The lowest BCUT2D eigenvalue weighted by Gasteiger charge is -2.11. The van der Waals surface area contributed by atoms with E-state index in [1.807, 2.05) is 12.1 Å². The van der Waals surface area contributed by atoms with Gasteiger partial charge in [0.25, 0.3) is 0 Å². The second-order valence-corrected chi connectivity index (χ2v) is 9.43. The number of carboxylic acid groups (broad SMARTS) is 1. The van der Waals surface area contributed by atoms with Gasteiger partial charge in [0.1, 0.15) is 6.04 Å². The summed E-state index contributed by atoms with van der Waals surface area (Å²) in [6.07, 6.45) is 0.443. The van der Waals surface area contributed by atoms with E-state index in [-0.39, 0.29) is 17.2 Å². The van der Waals surface area contributed by atoms with Crippen molar-refractivity contribution < 1.29 is 28.2 Å². The van der Waals surface area contributed by atoms with Crippen LogP contribution in [0.2, 0.25) is 5.02 Å². The van der Waals surface area contributed by atoms with Crippen molar-refractivity contribution in [2.45, 2.75) is 22.3 Å². The molecule has 0 aliphatic carbocycles. The summed E-state index contributed by atoms with van der Waals surface area (Å²) in [5.41, 5.74) is 0.873. The number of aliphatic hydroxyl groups excluding tert-OH is 1. The molecule has 0 saturated heterocycles. The summed E-state index contributed by atoms with van der Waals surface area (Å²) in [6, 6.07) is 11.8. The molecular weight excluding hydrogens is 452 g/mol. The molecule has 162 valence electrons. The highest BCUT2D eigenvalue weighted by atomic mass is 35.5. The second kappa shape index (κ2) is 11.3. The number of aliphatic carboxylic acids is 1. The van der Waals surface area contributed by atoms with Crippen LogP contribution in [0, 0.1) is 0 Å². The molecule has 0 fully saturated rings. The SMILES string of the molecule is O=C(CSc1cccc(CCNS(=O)(=O)c2ccc(Cl)cc2)c1)N[C@@H](CO)C(=O)O. The van der Waals surface area contributed by atoms with E-state index in [1.54, 1.807) is 12.1 Å². The molecule has 0 aliphatic rings. The van der Waals surface area contributed by atoms with Crippen LogP contribution in [0.3, 0.4) is 0 Å². The van der Waals surface area contributed by atoms with Crippen molar-refractivity contribution in [2.75, 3.05) is 18.9 Å². The van der Waals surface area contributed by atoms with Crippen LogP contribution in [0.4, 0.5) is 0 Å². The van der Waals surface area contributed by atoms with Gasteiger partial charge < -0.3 is 15.5 Å². The highest BCUT2D eigenvalue weighted by molar-refractivity contribution is 8.00. The number of amides is 1. The quantitative estimate of drug-likeness (QED) is 0.364. The molecule has 2 aromatic rings. The minimum atomic E-state index is -3.64. The maximum atomic E-state index is 12.3. The third-order valence-corrected chi connectivity index (χ3v) is 6.64. The van der Waals surface area contributed by atoms with E-state index in [2.05, 4.69) is 10.0 Å². The van der Waals surface area contributed by atoms with Crippen LogP contribution in [0.1, 0.15) is 5.56 Å². The predicted molar refractivity (Wildman–Crippen MR) is 114 cm³/mol. The van der Waals surface area contributed by atoms with Crippen LogP contribution in [0.15, 0.2) is 58.3 Å². The Kier molecular flexibility index (Phi) is 9.12. The van der Waals surface area contributed by atoms with Gasteiger partial charge in [0.05, 0.1) is 17.3 Å². The van der Waals surface area contributed by atoms with Gasteiger partial charge in [0, 0.05) is 16.5 Å². The van der Waals surface area contributed by atoms with Crippen LogP contribution < -0.4 is 10.0 Å². The Labute approximate surface area is 183 Å². The Hall–Kier alpha value is -2.11. The van der Waals surface area contributed by atoms with Crippen molar-refractivity contribution >= 4 is 45.3 Å². The number of aliphatic hydroxyl groups is 1. The van der Waals surface area contributed by atoms with Crippen molar-refractivity contribution in [3.8, 4) is 0 Å². The van der Waals surface area contributed by atoms with E-state index >= 15 is 0 Å². The molecule has 0 heterocycles. The highest BCUT2D eigenvalue weighted by Gasteiger charge is 2.18. The molecule has 1 atom stereocenters. The van der Waals surface area contributed by atoms with Crippen LogP contribution >= 0.6 is 23.4 Å². The van der Waals surface area contributed by atoms with Gasteiger partial charge in [-0.3, -0.25) is 4.79 Å². The van der Waals surface area contributed by atoms with E-state index in [0.717, 1.165) is 10.5 Å². The number of thioether (sulfide) groups is 1. The molecule has 1 amide bonds. The summed E-state index contributed by atoms with van der Waals surface area (Å²) in [5.74, 6) is -1.84. The van der Waals surface area contributed by atoms with E-state index in [0.29, 0.717) is 11.4 Å². The van der Waals surface area contributed by atoms with E-state index in [1.165, 1.54) is 36.0 Å². The van der Waals surface area contributed by atoms with Crippen molar-refractivity contribution in [3.63, 3.8) is 0 Å². The first kappa shape index (κ1) is 24.2. The maximum absolute atomic E-state index is 12.3. The molecule has 0 saturated carbocycles. The zero-order chi connectivity index (χ0) is 22.1. The minimum absolute atomic E-state index is 0.0174. The average Bonchev–Trinajstić information content (AvgIpc) is 2.71. The fourth-order valence-electron chi connectivity index (χ4n) is 2.39. The highest BCUT2D eigenvalue weighted by Crippen LogP contribution is 2.19. The number of benzene rings is 2. The van der Waals surface area contributed by atoms with Gasteiger partial charge in [-0.2, -0.15) is 0 Å². The molecule has 4 N–H and O–H groups in total. The summed E-state index contributed by atoms with van der Waals surface area (Å²) in [5, 5.41) is 20.4. The Balaban J connectivity index is 1.86. The lowest BCUT2D eigenvalue weighted by Crippen LogP contribution is -2.44. The Morgan fingerprint density at radius 2 is 1.83 bits per heavy atom. The van der Waals surface area contributed by atoms with Crippen LogP contribution in [-0.4, -0.2) is 55.5 Å². The van der Waals surface area contributed by atoms with Gasteiger partial charge in [0.15, 0.2) is 0 Å². The predicted octanol–water partition coefficient (Wildman–Crippen LogP) is 1.51. The van der Waals surface area contributed by atoms with Crippen LogP contribution in [0.25, 0.3) is 0 Å². The number of carbonyl (C=O) groups excluding carboxylic acids is 1. The Morgan fingerprint density at radius 1 is 1.13 bits per heavy atom. The van der Waals surface area contributed by atoms with Crippen molar-refractivity contribution in [3.05, 3.63) is 59.1 Å². The van der Waals surface area contributed by atoms with Crippen molar-refractivity contribution in [2.24, 2.45) is 0 Å². The average molecular weight is 473 g/mol. The number of hydrogen-bond donors (Lipinski definition) is 4. The molecule has 0 spiro atoms. The fraction of sp³-hybridized carbons (Fsp3) is 0.263.